The lowest BCUT2D eigenvalue weighted by atomic mass is 9.97. The smallest absolute Gasteiger partial charge is 0.220 e. The zero-order valence-electron chi connectivity index (χ0n) is 48.3. The molecule has 2 heterocycles. The van der Waals surface area contributed by atoms with Gasteiger partial charge in [-0.05, 0) is 32.1 Å². The first kappa shape index (κ1) is 70.6. The minimum absolute atomic E-state index is 0.244. The number of unbranched alkanes of at least 4 members (excludes halogenated alkanes) is 36. The Labute approximate surface area is 462 Å². The number of hydrogen-bond donors (Lipinski definition) is 9. The third-order valence-electron chi connectivity index (χ3n) is 15.6. The highest BCUT2D eigenvalue weighted by Gasteiger charge is 2.51. The van der Waals surface area contributed by atoms with E-state index >= 15 is 0 Å². The summed E-state index contributed by atoms with van der Waals surface area (Å²) in [5.41, 5.74) is 0. The standard InChI is InChI=1S/C62H117NO13/c1-3-5-7-9-11-13-15-17-19-21-23-25-26-27-29-31-33-35-37-39-41-43-45-51(66)50(63-54(67)46-44-42-40-38-36-34-32-30-28-24-22-20-18-16-14-12-10-8-6-4-2)49-73-61-59(72)57(70)60(53(48-65)75-61)76-62-58(71)56(69)55(68)52(47-64)74-62/h35,37,43,45,50-53,55-62,64-66,68-72H,3-34,36,38-42,44,46-49H2,1-2H3,(H,63,67)/b37-35+,45-43+. The predicted molar refractivity (Wildman–Crippen MR) is 305 cm³/mol. The van der Waals surface area contributed by atoms with Crippen LogP contribution in [0.25, 0.3) is 0 Å². The minimum atomic E-state index is -1.79. The summed E-state index contributed by atoms with van der Waals surface area (Å²) < 4.78 is 22.8. The highest BCUT2D eigenvalue weighted by atomic mass is 16.7. The molecule has 2 fully saturated rings. The number of amides is 1. The fourth-order valence-electron chi connectivity index (χ4n) is 10.5. The molecule has 0 aliphatic carbocycles. The summed E-state index contributed by atoms with van der Waals surface area (Å²) in [6.07, 6.45) is 40.8. The molecule has 9 N–H and O–H groups in total. The largest absolute Gasteiger partial charge is 0.394 e. The molecule has 76 heavy (non-hydrogen) atoms. The fourth-order valence-corrected chi connectivity index (χ4v) is 10.5. The summed E-state index contributed by atoms with van der Waals surface area (Å²) in [7, 11) is 0. The van der Waals surface area contributed by atoms with Crippen LogP contribution >= 0.6 is 0 Å². The minimum Gasteiger partial charge on any atom is -0.394 e. The molecule has 0 aromatic heterocycles. The van der Waals surface area contributed by atoms with E-state index < -0.39 is 86.8 Å². The van der Waals surface area contributed by atoms with Crippen molar-refractivity contribution in [3.8, 4) is 0 Å². The van der Waals surface area contributed by atoms with Crippen LogP contribution in [0, 0.1) is 0 Å². The molecule has 2 saturated heterocycles. The van der Waals surface area contributed by atoms with E-state index in [4.69, 9.17) is 18.9 Å². The number of allylic oxidation sites excluding steroid dienone is 3. The molecule has 0 spiro atoms. The van der Waals surface area contributed by atoms with Gasteiger partial charge in [0.05, 0.1) is 32.0 Å². The van der Waals surface area contributed by atoms with E-state index in [0.717, 1.165) is 32.1 Å². The molecule has 448 valence electrons. The van der Waals surface area contributed by atoms with Gasteiger partial charge in [-0.3, -0.25) is 4.79 Å². The van der Waals surface area contributed by atoms with Crippen molar-refractivity contribution in [2.24, 2.45) is 0 Å². The molecule has 2 aliphatic rings. The second-order valence-electron chi connectivity index (χ2n) is 22.5. The maximum absolute atomic E-state index is 13.3. The molecule has 14 heteroatoms. The highest BCUT2D eigenvalue weighted by Crippen LogP contribution is 2.30. The first-order valence-electron chi connectivity index (χ1n) is 31.6. The van der Waals surface area contributed by atoms with Gasteiger partial charge in [0.2, 0.25) is 5.91 Å². The molecule has 0 aromatic carbocycles. The van der Waals surface area contributed by atoms with Crippen molar-refractivity contribution >= 4 is 5.91 Å². The summed E-state index contributed by atoms with van der Waals surface area (Å²) in [4.78, 5) is 13.3. The average molecular weight is 1080 g/mol. The molecule has 12 atom stereocenters. The Bertz CT molecular complexity index is 1370. The van der Waals surface area contributed by atoms with E-state index in [1.165, 1.54) is 205 Å². The van der Waals surface area contributed by atoms with Crippen molar-refractivity contribution in [1.29, 1.82) is 0 Å². The molecule has 2 aliphatic heterocycles. The number of ether oxygens (including phenoxy) is 4. The summed E-state index contributed by atoms with van der Waals surface area (Å²) in [5.74, 6) is -0.244. The Kier molecular flexibility index (Phi) is 44.8. The van der Waals surface area contributed by atoms with Crippen LogP contribution in [-0.2, 0) is 23.7 Å². The Morgan fingerprint density at radius 2 is 0.842 bits per heavy atom. The second kappa shape index (κ2) is 48.2. The predicted octanol–water partition coefficient (Wildman–Crippen LogP) is 11.2. The van der Waals surface area contributed by atoms with Gasteiger partial charge in [-0.1, -0.05) is 256 Å². The number of carbonyl (C=O) groups is 1. The zero-order chi connectivity index (χ0) is 55.3. The first-order valence-corrected chi connectivity index (χ1v) is 31.6. The molecule has 0 saturated carbocycles. The Morgan fingerprint density at radius 3 is 1.29 bits per heavy atom. The Balaban J connectivity index is 1.76. The van der Waals surface area contributed by atoms with Crippen molar-refractivity contribution in [2.45, 2.75) is 344 Å². The molecule has 0 radical (unpaired) electrons. The van der Waals surface area contributed by atoms with Gasteiger partial charge in [0.15, 0.2) is 12.6 Å². The SMILES string of the molecule is CCCCCCCCCCCCCCCCCC/C=C/CC/C=C/C(O)C(COC1OC(CO)C(OC2OC(CO)C(O)C(O)C2O)C(O)C1O)NC(=O)CCCCCCCCCCCCCCCCCCCCCC. The molecule has 12 unspecified atom stereocenters. The van der Waals surface area contributed by atoms with Crippen molar-refractivity contribution in [3.05, 3.63) is 24.3 Å². The Hall–Kier alpha value is -1.53. The maximum Gasteiger partial charge on any atom is 0.220 e. The molecule has 0 aromatic rings. The molecule has 2 rings (SSSR count). The third kappa shape index (κ3) is 33.3. The van der Waals surface area contributed by atoms with Gasteiger partial charge < -0.3 is 65.1 Å². The van der Waals surface area contributed by atoms with Gasteiger partial charge in [0, 0.05) is 6.42 Å². The van der Waals surface area contributed by atoms with Crippen molar-refractivity contribution in [3.63, 3.8) is 0 Å². The van der Waals surface area contributed by atoms with E-state index in [1.807, 2.05) is 6.08 Å². The van der Waals surface area contributed by atoms with Crippen molar-refractivity contribution < 1.29 is 64.6 Å². The number of carbonyl (C=O) groups excluding carboxylic acids is 1. The monoisotopic (exact) mass is 1080 g/mol. The summed E-state index contributed by atoms with van der Waals surface area (Å²) in [6.45, 7) is 2.82. The average Bonchev–Trinajstić information content (AvgIpc) is 3.42. The van der Waals surface area contributed by atoms with Crippen LogP contribution in [-0.4, -0.2) is 140 Å². The molecule has 1 amide bonds. The summed E-state index contributed by atoms with van der Waals surface area (Å²) in [5, 5.41) is 87.2. The second-order valence-corrected chi connectivity index (χ2v) is 22.5. The fraction of sp³-hybridized carbons (Fsp3) is 0.919. The van der Waals surface area contributed by atoms with Crippen LogP contribution < -0.4 is 5.32 Å². The lowest BCUT2D eigenvalue weighted by molar-refractivity contribution is -0.359. The summed E-state index contributed by atoms with van der Waals surface area (Å²) >= 11 is 0. The van der Waals surface area contributed by atoms with E-state index in [1.54, 1.807) is 6.08 Å². The topological polar surface area (TPSA) is 228 Å². The quantitative estimate of drug-likeness (QED) is 0.0204. The van der Waals surface area contributed by atoms with Crippen LogP contribution in [0.15, 0.2) is 24.3 Å². The molecule has 0 bridgehead atoms. The highest BCUT2D eigenvalue weighted by molar-refractivity contribution is 5.76. The lowest BCUT2D eigenvalue weighted by Crippen LogP contribution is -2.65. The van der Waals surface area contributed by atoms with Gasteiger partial charge in [-0.15, -0.1) is 0 Å². The number of rotatable bonds is 51. The number of hydrogen-bond acceptors (Lipinski definition) is 13. The normalized spacial score (nSPS) is 25.0. The number of aliphatic hydroxyl groups is 8. The summed E-state index contributed by atoms with van der Waals surface area (Å²) in [6, 6.07) is -0.928. The van der Waals surface area contributed by atoms with E-state index in [9.17, 15) is 45.6 Å². The maximum atomic E-state index is 13.3. The van der Waals surface area contributed by atoms with Crippen LogP contribution in [0.1, 0.15) is 271 Å². The Morgan fingerprint density at radius 1 is 0.461 bits per heavy atom. The first-order chi connectivity index (χ1) is 37.1. The van der Waals surface area contributed by atoms with Gasteiger partial charge >= 0.3 is 0 Å². The van der Waals surface area contributed by atoms with Crippen molar-refractivity contribution in [1.82, 2.24) is 5.32 Å². The van der Waals surface area contributed by atoms with E-state index in [-0.39, 0.29) is 18.9 Å². The molecular formula is C62H117NO13. The van der Waals surface area contributed by atoms with E-state index in [0.29, 0.717) is 12.8 Å². The number of aliphatic hydroxyl groups excluding tert-OH is 8. The van der Waals surface area contributed by atoms with Gasteiger partial charge in [-0.2, -0.15) is 0 Å². The lowest BCUT2D eigenvalue weighted by Gasteiger charge is -2.46. The van der Waals surface area contributed by atoms with Crippen LogP contribution in [0.4, 0.5) is 0 Å². The zero-order valence-corrected chi connectivity index (χ0v) is 48.3. The molecule has 14 nitrogen and oxygen atoms in total. The van der Waals surface area contributed by atoms with Crippen LogP contribution in [0.5, 0.6) is 0 Å². The van der Waals surface area contributed by atoms with Gasteiger partial charge in [0.1, 0.15) is 48.8 Å². The van der Waals surface area contributed by atoms with Gasteiger partial charge in [-0.25, -0.2) is 0 Å². The molecular weight excluding hydrogens is 967 g/mol. The van der Waals surface area contributed by atoms with Crippen LogP contribution in [0.2, 0.25) is 0 Å². The van der Waals surface area contributed by atoms with Crippen LogP contribution in [0.3, 0.4) is 0 Å². The third-order valence-corrected chi connectivity index (χ3v) is 15.6. The number of nitrogens with one attached hydrogen (secondary N) is 1. The van der Waals surface area contributed by atoms with Gasteiger partial charge in [0.25, 0.3) is 0 Å². The van der Waals surface area contributed by atoms with E-state index in [2.05, 4.69) is 31.3 Å². The van der Waals surface area contributed by atoms with Crippen molar-refractivity contribution in [2.75, 3.05) is 19.8 Å².